The van der Waals surface area contributed by atoms with Gasteiger partial charge in [0, 0.05) is 12.6 Å². The molecule has 0 radical (unpaired) electrons. The highest BCUT2D eigenvalue weighted by molar-refractivity contribution is 5.80. The van der Waals surface area contributed by atoms with Gasteiger partial charge in [0.25, 0.3) is 0 Å². The average Bonchev–Trinajstić information content (AvgIpc) is 2.76. The molecule has 1 aliphatic carbocycles. The molecule has 3 atom stereocenters. The number of aliphatic carboxylic acids is 1. The first-order chi connectivity index (χ1) is 9.49. The molecular formula is C15H26N2O3. The van der Waals surface area contributed by atoms with Gasteiger partial charge in [-0.3, -0.25) is 14.5 Å². The number of carbonyl (C=O) groups is 2. The van der Waals surface area contributed by atoms with Gasteiger partial charge in [-0.25, -0.2) is 0 Å². The van der Waals surface area contributed by atoms with Crippen LogP contribution in [0.25, 0.3) is 0 Å². The Labute approximate surface area is 120 Å². The van der Waals surface area contributed by atoms with Gasteiger partial charge in [-0.2, -0.15) is 0 Å². The quantitative estimate of drug-likeness (QED) is 0.801. The lowest BCUT2D eigenvalue weighted by atomic mass is 9.85. The summed E-state index contributed by atoms with van der Waals surface area (Å²) < 4.78 is 0. The van der Waals surface area contributed by atoms with Crippen LogP contribution in [0.1, 0.15) is 46.0 Å². The number of carbonyl (C=O) groups excluding carboxylic acids is 1. The molecule has 5 nitrogen and oxygen atoms in total. The van der Waals surface area contributed by atoms with Gasteiger partial charge in [-0.05, 0) is 31.1 Å². The molecule has 0 aromatic carbocycles. The molecule has 1 aliphatic heterocycles. The number of hydrogen-bond acceptors (Lipinski definition) is 3. The van der Waals surface area contributed by atoms with E-state index in [2.05, 4.69) is 5.32 Å². The number of amides is 1. The molecule has 0 aromatic heterocycles. The highest BCUT2D eigenvalue weighted by atomic mass is 16.4. The minimum absolute atomic E-state index is 0.0452. The van der Waals surface area contributed by atoms with Crippen LogP contribution in [0.5, 0.6) is 0 Å². The third kappa shape index (κ3) is 3.51. The first kappa shape index (κ1) is 15.3. The largest absolute Gasteiger partial charge is 0.480 e. The van der Waals surface area contributed by atoms with E-state index in [9.17, 15) is 14.7 Å². The van der Waals surface area contributed by atoms with Gasteiger partial charge < -0.3 is 10.4 Å². The molecule has 2 N–H and O–H groups in total. The van der Waals surface area contributed by atoms with Crippen LogP contribution in [0.15, 0.2) is 0 Å². The van der Waals surface area contributed by atoms with Crippen LogP contribution in [0, 0.1) is 11.8 Å². The summed E-state index contributed by atoms with van der Waals surface area (Å²) in [4.78, 5) is 25.4. The molecule has 1 saturated heterocycles. The zero-order valence-corrected chi connectivity index (χ0v) is 12.5. The SMILES string of the molecule is CC(C)CNC(=O)CN1[C@H](C(=O)O)C[C@H]2CCCC[C@@H]21. The molecular weight excluding hydrogens is 256 g/mol. The summed E-state index contributed by atoms with van der Waals surface area (Å²) in [6.07, 6.45) is 5.19. The molecule has 1 heterocycles. The van der Waals surface area contributed by atoms with Crippen molar-refractivity contribution in [3.63, 3.8) is 0 Å². The van der Waals surface area contributed by atoms with E-state index in [1.54, 1.807) is 0 Å². The molecule has 2 rings (SSSR count). The van der Waals surface area contributed by atoms with E-state index in [0.29, 0.717) is 24.8 Å². The van der Waals surface area contributed by atoms with Gasteiger partial charge in [-0.15, -0.1) is 0 Å². The normalized spacial score (nSPS) is 30.2. The molecule has 2 fully saturated rings. The lowest BCUT2D eigenvalue weighted by Crippen LogP contribution is -2.48. The van der Waals surface area contributed by atoms with Crippen molar-refractivity contribution in [3.8, 4) is 0 Å². The van der Waals surface area contributed by atoms with Gasteiger partial charge >= 0.3 is 5.97 Å². The minimum atomic E-state index is -0.781. The molecule has 2 aliphatic rings. The zero-order valence-electron chi connectivity index (χ0n) is 12.5. The van der Waals surface area contributed by atoms with Gasteiger partial charge in [0.1, 0.15) is 6.04 Å². The fraction of sp³-hybridized carbons (Fsp3) is 0.867. The molecule has 0 aromatic rings. The van der Waals surface area contributed by atoms with Crippen LogP contribution >= 0.6 is 0 Å². The predicted molar refractivity (Wildman–Crippen MR) is 76.3 cm³/mol. The van der Waals surface area contributed by atoms with E-state index < -0.39 is 12.0 Å². The Balaban J connectivity index is 1.98. The van der Waals surface area contributed by atoms with Crippen molar-refractivity contribution in [3.05, 3.63) is 0 Å². The van der Waals surface area contributed by atoms with E-state index in [0.717, 1.165) is 19.3 Å². The van der Waals surface area contributed by atoms with Crippen LogP contribution in [-0.4, -0.2) is 47.1 Å². The summed E-state index contributed by atoms with van der Waals surface area (Å²) in [7, 11) is 0. The van der Waals surface area contributed by atoms with Crippen molar-refractivity contribution >= 4 is 11.9 Å². The van der Waals surface area contributed by atoms with Crippen LogP contribution < -0.4 is 5.32 Å². The predicted octanol–water partition coefficient (Wildman–Crippen LogP) is 1.48. The van der Waals surface area contributed by atoms with Crippen molar-refractivity contribution in [2.45, 2.75) is 58.0 Å². The standard InChI is InChI=1S/C15H26N2O3/c1-10(2)8-16-14(18)9-17-12-6-4-3-5-11(12)7-13(17)15(19)20/h10-13H,3-9H2,1-2H3,(H,16,18)(H,19,20)/t11-,12+,13+/m1/s1. The van der Waals surface area contributed by atoms with Crippen molar-refractivity contribution in [1.82, 2.24) is 10.2 Å². The average molecular weight is 282 g/mol. The fourth-order valence-electron chi connectivity index (χ4n) is 3.56. The van der Waals surface area contributed by atoms with Crippen LogP contribution in [-0.2, 0) is 9.59 Å². The maximum Gasteiger partial charge on any atom is 0.320 e. The Kier molecular flexibility index (Phi) is 5.02. The summed E-state index contributed by atoms with van der Waals surface area (Å²) >= 11 is 0. The third-order valence-corrected chi connectivity index (χ3v) is 4.54. The number of likely N-dealkylation sites (tertiary alicyclic amines) is 1. The fourth-order valence-corrected chi connectivity index (χ4v) is 3.56. The number of hydrogen-bond donors (Lipinski definition) is 2. The minimum Gasteiger partial charge on any atom is -0.480 e. The Hall–Kier alpha value is -1.10. The summed E-state index contributed by atoms with van der Waals surface area (Å²) in [5, 5.41) is 12.3. The highest BCUT2D eigenvalue weighted by Gasteiger charge is 2.45. The van der Waals surface area contributed by atoms with Crippen molar-refractivity contribution < 1.29 is 14.7 Å². The number of carboxylic acid groups (broad SMARTS) is 1. The molecule has 5 heteroatoms. The lowest BCUT2D eigenvalue weighted by molar-refractivity contribution is -0.143. The van der Waals surface area contributed by atoms with E-state index in [1.807, 2.05) is 18.7 Å². The summed E-state index contributed by atoms with van der Waals surface area (Å²) in [5.41, 5.74) is 0. The number of fused-ring (bicyclic) bond motifs is 1. The van der Waals surface area contributed by atoms with Crippen molar-refractivity contribution in [2.75, 3.05) is 13.1 Å². The lowest BCUT2D eigenvalue weighted by Gasteiger charge is -2.32. The topological polar surface area (TPSA) is 69.6 Å². The zero-order chi connectivity index (χ0) is 14.7. The number of carboxylic acids is 1. The Morgan fingerprint density at radius 3 is 2.65 bits per heavy atom. The van der Waals surface area contributed by atoms with Gasteiger partial charge in [0.05, 0.1) is 6.54 Å². The van der Waals surface area contributed by atoms with Gasteiger partial charge in [-0.1, -0.05) is 26.7 Å². The van der Waals surface area contributed by atoms with Crippen molar-refractivity contribution in [2.24, 2.45) is 11.8 Å². The molecule has 1 saturated carbocycles. The monoisotopic (exact) mass is 282 g/mol. The molecule has 0 spiro atoms. The highest BCUT2D eigenvalue weighted by Crippen LogP contribution is 2.39. The molecule has 1 amide bonds. The third-order valence-electron chi connectivity index (χ3n) is 4.54. The van der Waals surface area contributed by atoms with Crippen LogP contribution in [0.4, 0.5) is 0 Å². The van der Waals surface area contributed by atoms with Crippen LogP contribution in [0.3, 0.4) is 0 Å². The summed E-state index contributed by atoms with van der Waals surface area (Å²) in [5.74, 6) is 0.0465. The molecule has 0 bridgehead atoms. The van der Waals surface area contributed by atoms with E-state index in [4.69, 9.17) is 0 Å². The smallest absolute Gasteiger partial charge is 0.320 e. The maximum atomic E-state index is 12.0. The maximum absolute atomic E-state index is 12.0. The Bertz CT molecular complexity index is 370. The Morgan fingerprint density at radius 1 is 1.30 bits per heavy atom. The number of nitrogens with zero attached hydrogens (tertiary/aromatic N) is 1. The Morgan fingerprint density at radius 2 is 2.00 bits per heavy atom. The van der Waals surface area contributed by atoms with Gasteiger partial charge in [0.15, 0.2) is 0 Å². The summed E-state index contributed by atoms with van der Waals surface area (Å²) in [6.45, 7) is 4.98. The second-order valence-electron chi connectivity index (χ2n) is 6.57. The molecule has 20 heavy (non-hydrogen) atoms. The molecule has 0 unspecified atom stereocenters. The number of rotatable bonds is 5. The van der Waals surface area contributed by atoms with Crippen molar-refractivity contribution in [1.29, 1.82) is 0 Å². The van der Waals surface area contributed by atoms with E-state index >= 15 is 0 Å². The van der Waals surface area contributed by atoms with Gasteiger partial charge in [0.2, 0.25) is 5.91 Å². The van der Waals surface area contributed by atoms with E-state index in [-0.39, 0.29) is 18.5 Å². The van der Waals surface area contributed by atoms with E-state index in [1.165, 1.54) is 6.42 Å². The summed E-state index contributed by atoms with van der Waals surface area (Å²) in [6, 6.07) is -0.192. The molecule has 114 valence electrons. The second kappa shape index (κ2) is 6.57. The first-order valence-corrected chi connectivity index (χ1v) is 7.74. The first-order valence-electron chi connectivity index (χ1n) is 7.74. The second-order valence-corrected chi connectivity index (χ2v) is 6.57. The van der Waals surface area contributed by atoms with Crippen LogP contribution in [0.2, 0.25) is 0 Å². The number of nitrogens with one attached hydrogen (secondary N) is 1.